The van der Waals surface area contributed by atoms with Crippen molar-refractivity contribution in [3.63, 3.8) is 0 Å². The molecular formula is C28H24N2S. The Hall–Kier alpha value is -3.17. The summed E-state index contributed by atoms with van der Waals surface area (Å²) in [6.07, 6.45) is 0. The third-order valence-electron chi connectivity index (χ3n) is 6.36. The van der Waals surface area contributed by atoms with Crippen LogP contribution in [0.4, 0.5) is 11.4 Å². The monoisotopic (exact) mass is 420 g/mol. The lowest BCUT2D eigenvalue weighted by molar-refractivity contribution is 0.827. The van der Waals surface area contributed by atoms with Crippen molar-refractivity contribution < 1.29 is 0 Å². The second kappa shape index (κ2) is 7.21. The van der Waals surface area contributed by atoms with Gasteiger partial charge in [-0.15, -0.1) is 0 Å². The molecule has 0 aliphatic carbocycles. The number of aryl methyl sites for hydroxylation is 1. The fourth-order valence-electron chi connectivity index (χ4n) is 4.93. The zero-order chi connectivity index (χ0) is 20.9. The summed E-state index contributed by atoms with van der Waals surface area (Å²) in [5.41, 5.74) is 7.79. The molecule has 0 saturated heterocycles. The van der Waals surface area contributed by atoms with E-state index in [9.17, 15) is 0 Å². The first-order valence-corrected chi connectivity index (χ1v) is 11.8. The second-order valence-corrected chi connectivity index (χ2v) is 9.07. The molecule has 1 aromatic heterocycles. The standard InChI is InChI=1S/C28H24N2S/c1-3-29-23-10-6-5-9-21(23)22-17-19(13-15-24(22)29)20-14-16-26-28(18-20)31-27-12-8-7-11-25(27)30(26)4-2/h5-18H,3-4H2,1-2H3. The zero-order valence-corrected chi connectivity index (χ0v) is 18.6. The lowest BCUT2D eigenvalue weighted by atomic mass is 10.0. The van der Waals surface area contributed by atoms with Crippen LogP contribution >= 0.6 is 11.8 Å². The molecule has 0 atom stereocenters. The quantitative estimate of drug-likeness (QED) is 0.291. The number of nitrogens with zero attached hydrogens (tertiary/aromatic N) is 2. The summed E-state index contributed by atoms with van der Waals surface area (Å²) < 4.78 is 2.41. The van der Waals surface area contributed by atoms with Crippen LogP contribution in [0, 0.1) is 0 Å². The highest BCUT2D eigenvalue weighted by molar-refractivity contribution is 7.99. The molecule has 2 heterocycles. The Morgan fingerprint density at radius 2 is 1.32 bits per heavy atom. The van der Waals surface area contributed by atoms with Gasteiger partial charge in [0.1, 0.15) is 0 Å². The molecule has 0 N–H and O–H groups in total. The van der Waals surface area contributed by atoms with Crippen LogP contribution in [0.3, 0.4) is 0 Å². The van der Waals surface area contributed by atoms with Crippen molar-refractivity contribution in [2.45, 2.75) is 30.2 Å². The molecule has 1 aliphatic rings. The number of benzene rings is 4. The molecular weight excluding hydrogens is 396 g/mol. The topological polar surface area (TPSA) is 8.17 Å². The van der Waals surface area contributed by atoms with Crippen LogP contribution in [-0.4, -0.2) is 11.1 Å². The number of fused-ring (bicyclic) bond motifs is 5. The fraction of sp³-hybridized carbons (Fsp3) is 0.143. The van der Waals surface area contributed by atoms with E-state index in [0.717, 1.165) is 13.1 Å². The minimum absolute atomic E-state index is 0.965. The molecule has 5 aromatic rings. The van der Waals surface area contributed by atoms with E-state index in [-0.39, 0.29) is 0 Å². The van der Waals surface area contributed by atoms with Gasteiger partial charge < -0.3 is 9.47 Å². The molecule has 31 heavy (non-hydrogen) atoms. The van der Waals surface area contributed by atoms with Crippen molar-refractivity contribution in [1.82, 2.24) is 4.57 Å². The van der Waals surface area contributed by atoms with Crippen LogP contribution in [-0.2, 0) is 6.54 Å². The summed E-state index contributed by atoms with van der Waals surface area (Å²) in [5, 5.41) is 2.67. The summed E-state index contributed by atoms with van der Waals surface area (Å²) in [7, 11) is 0. The van der Waals surface area contributed by atoms with Gasteiger partial charge in [0.15, 0.2) is 0 Å². The average molecular weight is 421 g/mol. The fourth-order valence-corrected chi connectivity index (χ4v) is 6.06. The predicted octanol–water partition coefficient (Wildman–Crippen LogP) is 8.10. The van der Waals surface area contributed by atoms with Crippen molar-refractivity contribution in [2.75, 3.05) is 11.4 Å². The van der Waals surface area contributed by atoms with Crippen molar-refractivity contribution in [3.8, 4) is 11.1 Å². The van der Waals surface area contributed by atoms with E-state index in [1.165, 1.54) is 54.1 Å². The molecule has 0 bridgehead atoms. The van der Waals surface area contributed by atoms with Gasteiger partial charge in [-0.25, -0.2) is 0 Å². The molecule has 0 fully saturated rings. The number of hydrogen-bond acceptors (Lipinski definition) is 2. The third-order valence-corrected chi connectivity index (χ3v) is 7.48. The number of anilines is 2. The normalized spacial score (nSPS) is 12.9. The Balaban J connectivity index is 1.50. The first kappa shape index (κ1) is 18.6. The van der Waals surface area contributed by atoms with Gasteiger partial charge in [0.05, 0.1) is 11.4 Å². The molecule has 1 aliphatic heterocycles. The van der Waals surface area contributed by atoms with Crippen LogP contribution in [0.15, 0.2) is 94.7 Å². The summed E-state index contributed by atoms with van der Waals surface area (Å²) in [6, 6.07) is 31.3. The number of rotatable bonds is 3. The van der Waals surface area contributed by atoms with Crippen molar-refractivity contribution in [2.24, 2.45) is 0 Å². The molecule has 0 spiro atoms. The van der Waals surface area contributed by atoms with E-state index in [4.69, 9.17) is 0 Å². The SMILES string of the molecule is CCN1c2ccccc2Sc2cc(-c3ccc4c(c3)c3ccccc3n4CC)ccc21. The molecule has 4 aromatic carbocycles. The molecule has 6 rings (SSSR count). The summed E-state index contributed by atoms with van der Waals surface area (Å²) in [6.45, 7) is 6.39. The maximum absolute atomic E-state index is 2.42. The van der Waals surface area contributed by atoms with Gasteiger partial charge in [-0.3, -0.25) is 0 Å². The molecule has 152 valence electrons. The van der Waals surface area contributed by atoms with Gasteiger partial charge >= 0.3 is 0 Å². The predicted molar refractivity (Wildman–Crippen MR) is 134 cm³/mol. The first-order chi connectivity index (χ1) is 15.3. The Labute approximate surface area is 187 Å². The van der Waals surface area contributed by atoms with Crippen LogP contribution < -0.4 is 4.90 Å². The Morgan fingerprint density at radius 1 is 0.613 bits per heavy atom. The highest BCUT2D eigenvalue weighted by Gasteiger charge is 2.22. The number of para-hydroxylation sites is 2. The van der Waals surface area contributed by atoms with Gasteiger partial charge in [0, 0.05) is 44.7 Å². The molecule has 0 saturated carbocycles. The largest absolute Gasteiger partial charge is 0.341 e. The highest BCUT2D eigenvalue weighted by atomic mass is 32.2. The lowest BCUT2D eigenvalue weighted by Crippen LogP contribution is -2.19. The molecule has 0 amide bonds. The summed E-state index contributed by atoms with van der Waals surface area (Å²) >= 11 is 1.88. The van der Waals surface area contributed by atoms with E-state index in [0.29, 0.717) is 0 Å². The minimum atomic E-state index is 0.965. The summed E-state index contributed by atoms with van der Waals surface area (Å²) in [5.74, 6) is 0. The van der Waals surface area contributed by atoms with Crippen LogP contribution in [0.1, 0.15) is 13.8 Å². The highest BCUT2D eigenvalue weighted by Crippen LogP contribution is 2.49. The third kappa shape index (κ3) is 2.80. The van der Waals surface area contributed by atoms with E-state index < -0.39 is 0 Å². The van der Waals surface area contributed by atoms with Gasteiger partial charge in [-0.05, 0) is 67.4 Å². The van der Waals surface area contributed by atoms with E-state index in [2.05, 4.69) is 108 Å². The molecule has 2 nitrogen and oxygen atoms in total. The van der Waals surface area contributed by atoms with E-state index in [1.54, 1.807) is 0 Å². The van der Waals surface area contributed by atoms with Crippen LogP contribution in [0.25, 0.3) is 32.9 Å². The van der Waals surface area contributed by atoms with Crippen LogP contribution in [0.2, 0.25) is 0 Å². The van der Waals surface area contributed by atoms with Crippen molar-refractivity contribution >= 4 is 44.9 Å². The summed E-state index contributed by atoms with van der Waals surface area (Å²) in [4.78, 5) is 5.08. The molecule has 3 heteroatoms. The average Bonchev–Trinajstić information content (AvgIpc) is 3.15. The van der Waals surface area contributed by atoms with Gasteiger partial charge in [0.2, 0.25) is 0 Å². The van der Waals surface area contributed by atoms with Gasteiger partial charge in [0.25, 0.3) is 0 Å². The smallest absolute Gasteiger partial charge is 0.0553 e. The Kier molecular flexibility index (Phi) is 4.32. The first-order valence-electron chi connectivity index (χ1n) is 11.0. The van der Waals surface area contributed by atoms with Gasteiger partial charge in [-0.2, -0.15) is 0 Å². The van der Waals surface area contributed by atoms with E-state index >= 15 is 0 Å². The maximum atomic E-state index is 2.42. The number of hydrogen-bond donors (Lipinski definition) is 0. The van der Waals surface area contributed by atoms with E-state index in [1.807, 2.05) is 11.8 Å². The second-order valence-electron chi connectivity index (χ2n) is 7.99. The van der Waals surface area contributed by atoms with Crippen LogP contribution in [0.5, 0.6) is 0 Å². The Morgan fingerprint density at radius 3 is 2.19 bits per heavy atom. The number of aromatic nitrogens is 1. The minimum Gasteiger partial charge on any atom is -0.341 e. The zero-order valence-electron chi connectivity index (χ0n) is 17.8. The molecule has 0 unspecified atom stereocenters. The van der Waals surface area contributed by atoms with Crippen molar-refractivity contribution in [1.29, 1.82) is 0 Å². The van der Waals surface area contributed by atoms with Crippen molar-refractivity contribution in [3.05, 3.63) is 84.9 Å². The lowest BCUT2D eigenvalue weighted by Gasteiger charge is -2.32. The van der Waals surface area contributed by atoms with Gasteiger partial charge in [-0.1, -0.05) is 54.2 Å². The molecule has 0 radical (unpaired) electrons. The Bertz CT molecular complexity index is 1450. The maximum Gasteiger partial charge on any atom is 0.0553 e.